The number of amides is 1. The molecule has 2 rings (SSSR count). The van der Waals surface area contributed by atoms with Gasteiger partial charge in [-0.1, -0.05) is 11.6 Å². The summed E-state index contributed by atoms with van der Waals surface area (Å²) in [6, 6.07) is 3.10. The molecule has 21 heavy (non-hydrogen) atoms. The number of carbonyl (C=O) groups is 1. The monoisotopic (exact) mass is 313 g/mol. The number of nitrogens with zero attached hydrogens (tertiary/aromatic N) is 2. The van der Waals surface area contributed by atoms with Gasteiger partial charge in [-0.25, -0.2) is 4.98 Å². The van der Waals surface area contributed by atoms with E-state index in [4.69, 9.17) is 21.1 Å². The van der Waals surface area contributed by atoms with Gasteiger partial charge in [0.1, 0.15) is 5.15 Å². The van der Waals surface area contributed by atoms with Crippen LogP contribution < -0.4 is 10.1 Å². The summed E-state index contributed by atoms with van der Waals surface area (Å²) in [6.07, 6.45) is 0.904. The standard InChI is InChI=1S/C14H20ClN3O3/c1-20-13-10-11(9-12(15)17-13)14(19)16-3-2-4-18-5-7-21-8-6-18/h9-10H,2-8H2,1H3,(H,16,19). The number of aromatic nitrogens is 1. The van der Waals surface area contributed by atoms with E-state index in [2.05, 4.69) is 15.2 Å². The lowest BCUT2D eigenvalue weighted by molar-refractivity contribution is 0.0374. The number of hydrogen-bond donors (Lipinski definition) is 1. The van der Waals surface area contributed by atoms with Crippen molar-refractivity contribution in [3.63, 3.8) is 0 Å². The van der Waals surface area contributed by atoms with Gasteiger partial charge < -0.3 is 14.8 Å². The van der Waals surface area contributed by atoms with Crippen molar-refractivity contribution in [2.45, 2.75) is 6.42 Å². The Morgan fingerprint density at radius 2 is 2.24 bits per heavy atom. The van der Waals surface area contributed by atoms with Crippen LogP contribution in [0.1, 0.15) is 16.8 Å². The van der Waals surface area contributed by atoms with Gasteiger partial charge in [-0.15, -0.1) is 0 Å². The number of halogens is 1. The summed E-state index contributed by atoms with van der Waals surface area (Å²) in [5, 5.41) is 3.12. The summed E-state index contributed by atoms with van der Waals surface area (Å²) in [4.78, 5) is 18.3. The fraction of sp³-hybridized carbons (Fsp3) is 0.571. The van der Waals surface area contributed by atoms with Crippen LogP contribution in [0.4, 0.5) is 0 Å². The highest BCUT2D eigenvalue weighted by Crippen LogP contribution is 2.15. The predicted octanol–water partition coefficient (Wildman–Crippen LogP) is 1.20. The van der Waals surface area contributed by atoms with Gasteiger partial charge in [-0.05, 0) is 19.0 Å². The molecule has 0 atom stereocenters. The zero-order chi connectivity index (χ0) is 15.1. The first kappa shape index (κ1) is 16.0. The van der Waals surface area contributed by atoms with Crippen LogP contribution in [0.15, 0.2) is 12.1 Å². The summed E-state index contributed by atoms with van der Waals surface area (Å²) >= 11 is 5.85. The van der Waals surface area contributed by atoms with E-state index in [9.17, 15) is 4.79 Å². The number of hydrogen-bond acceptors (Lipinski definition) is 5. The van der Waals surface area contributed by atoms with E-state index in [-0.39, 0.29) is 11.1 Å². The first-order valence-corrected chi connectivity index (χ1v) is 7.36. The van der Waals surface area contributed by atoms with Crippen molar-refractivity contribution in [3.05, 3.63) is 22.8 Å². The molecule has 0 spiro atoms. The average Bonchev–Trinajstić information content (AvgIpc) is 2.51. The van der Waals surface area contributed by atoms with Crippen LogP contribution in [0.5, 0.6) is 5.88 Å². The van der Waals surface area contributed by atoms with E-state index in [0.717, 1.165) is 39.3 Å². The zero-order valence-electron chi connectivity index (χ0n) is 12.1. The predicted molar refractivity (Wildman–Crippen MR) is 80.0 cm³/mol. The lowest BCUT2D eigenvalue weighted by Crippen LogP contribution is -2.38. The Morgan fingerprint density at radius 3 is 2.95 bits per heavy atom. The number of carbonyl (C=O) groups excluding carboxylic acids is 1. The number of ether oxygens (including phenoxy) is 2. The second kappa shape index (κ2) is 8.17. The molecular weight excluding hydrogens is 294 g/mol. The van der Waals surface area contributed by atoms with Gasteiger partial charge in [0.25, 0.3) is 5.91 Å². The highest BCUT2D eigenvalue weighted by molar-refractivity contribution is 6.29. The first-order valence-electron chi connectivity index (χ1n) is 6.99. The SMILES string of the molecule is COc1cc(C(=O)NCCCN2CCOCC2)cc(Cl)n1. The smallest absolute Gasteiger partial charge is 0.251 e. The number of morpholine rings is 1. The van der Waals surface area contributed by atoms with Crippen molar-refractivity contribution in [2.24, 2.45) is 0 Å². The molecule has 1 aromatic heterocycles. The number of methoxy groups -OCH3 is 1. The van der Waals surface area contributed by atoms with Crippen molar-refractivity contribution in [1.29, 1.82) is 0 Å². The normalized spacial score (nSPS) is 15.7. The molecule has 7 heteroatoms. The Kier molecular flexibility index (Phi) is 6.22. The van der Waals surface area contributed by atoms with E-state index < -0.39 is 0 Å². The van der Waals surface area contributed by atoms with Crippen LogP contribution in [0.25, 0.3) is 0 Å². The van der Waals surface area contributed by atoms with Gasteiger partial charge in [0.2, 0.25) is 5.88 Å². The second-order valence-electron chi connectivity index (χ2n) is 4.78. The fourth-order valence-electron chi connectivity index (χ4n) is 2.14. The second-order valence-corrected chi connectivity index (χ2v) is 5.17. The van der Waals surface area contributed by atoms with Crippen molar-refractivity contribution >= 4 is 17.5 Å². The minimum absolute atomic E-state index is 0.167. The Bertz CT molecular complexity index is 479. The third kappa shape index (κ3) is 5.15. The van der Waals surface area contributed by atoms with Crippen LogP contribution in [0.3, 0.4) is 0 Å². The van der Waals surface area contributed by atoms with Crippen LogP contribution in [0, 0.1) is 0 Å². The molecular formula is C14H20ClN3O3. The molecule has 1 amide bonds. The van der Waals surface area contributed by atoms with Gasteiger partial charge in [-0.3, -0.25) is 9.69 Å². The molecule has 0 aromatic carbocycles. The van der Waals surface area contributed by atoms with Gasteiger partial charge in [-0.2, -0.15) is 0 Å². The maximum absolute atomic E-state index is 12.0. The molecule has 1 aliphatic rings. The minimum Gasteiger partial charge on any atom is -0.481 e. The highest BCUT2D eigenvalue weighted by atomic mass is 35.5. The maximum Gasteiger partial charge on any atom is 0.251 e. The molecule has 116 valence electrons. The molecule has 1 fully saturated rings. The van der Waals surface area contributed by atoms with E-state index in [1.54, 1.807) is 6.07 Å². The van der Waals surface area contributed by atoms with E-state index in [1.807, 2.05) is 0 Å². The lowest BCUT2D eigenvalue weighted by Gasteiger charge is -2.26. The Hall–Kier alpha value is -1.37. The summed E-state index contributed by atoms with van der Waals surface area (Å²) in [6.45, 7) is 5.10. The van der Waals surface area contributed by atoms with Gasteiger partial charge in [0.15, 0.2) is 0 Å². The molecule has 1 N–H and O–H groups in total. The van der Waals surface area contributed by atoms with Crippen LogP contribution in [-0.2, 0) is 4.74 Å². The van der Waals surface area contributed by atoms with Crippen LogP contribution >= 0.6 is 11.6 Å². The highest BCUT2D eigenvalue weighted by Gasteiger charge is 2.11. The molecule has 0 aliphatic carbocycles. The molecule has 1 aromatic rings. The maximum atomic E-state index is 12.0. The van der Waals surface area contributed by atoms with Crippen LogP contribution in [-0.4, -0.2) is 62.3 Å². The summed E-state index contributed by atoms with van der Waals surface area (Å²) in [7, 11) is 1.49. The molecule has 2 heterocycles. The van der Waals surface area contributed by atoms with Gasteiger partial charge in [0.05, 0.1) is 20.3 Å². The van der Waals surface area contributed by atoms with E-state index >= 15 is 0 Å². The minimum atomic E-state index is -0.167. The Balaban J connectivity index is 1.75. The molecule has 6 nitrogen and oxygen atoms in total. The fourth-order valence-corrected chi connectivity index (χ4v) is 2.34. The van der Waals surface area contributed by atoms with E-state index in [1.165, 1.54) is 13.2 Å². The third-order valence-electron chi connectivity index (χ3n) is 3.28. The molecule has 0 radical (unpaired) electrons. The molecule has 0 bridgehead atoms. The van der Waals surface area contributed by atoms with Crippen molar-refractivity contribution in [3.8, 4) is 5.88 Å². The van der Waals surface area contributed by atoms with Gasteiger partial charge in [0, 0.05) is 31.3 Å². The molecule has 0 saturated carbocycles. The van der Waals surface area contributed by atoms with Crippen molar-refractivity contribution in [2.75, 3.05) is 46.5 Å². The first-order chi connectivity index (χ1) is 10.2. The number of pyridine rings is 1. The third-order valence-corrected chi connectivity index (χ3v) is 3.48. The zero-order valence-corrected chi connectivity index (χ0v) is 12.9. The van der Waals surface area contributed by atoms with Crippen molar-refractivity contribution < 1.29 is 14.3 Å². The lowest BCUT2D eigenvalue weighted by atomic mass is 10.2. The van der Waals surface area contributed by atoms with Gasteiger partial charge >= 0.3 is 0 Å². The average molecular weight is 314 g/mol. The number of nitrogens with one attached hydrogen (secondary N) is 1. The largest absolute Gasteiger partial charge is 0.481 e. The number of rotatable bonds is 6. The van der Waals surface area contributed by atoms with E-state index in [0.29, 0.717) is 18.0 Å². The quantitative estimate of drug-likeness (QED) is 0.631. The molecule has 1 saturated heterocycles. The molecule has 1 aliphatic heterocycles. The van der Waals surface area contributed by atoms with Crippen molar-refractivity contribution in [1.82, 2.24) is 15.2 Å². The molecule has 0 unspecified atom stereocenters. The van der Waals surface area contributed by atoms with Crippen LogP contribution in [0.2, 0.25) is 5.15 Å². The summed E-state index contributed by atoms with van der Waals surface area (Å²) < 4.78 is 10.3. The Labute approximate surface area is 129 Å². The Morgan fingerprint density at radius 1 is 1.48 bits per heavy atom. The summed E-state index contributed by atoms with van der Waals surface area (Å²) in [5.74, 6) is 0.167. The summed E-state index contributed by atoms with van der Waals surface area (Å²) in [5.41, 5.74) is 0.457. The topological polar surface area (TPSA) is 63.7 Å².